The van der Waals surface area contributed by atoms with Crippen LogP contribution in [0, 0.1) is 5.92 Å². The summed E-state index contributed by atoms with van der Waals surface area (Å²) >= 11 is 0. The average Bonchev–Trinajstić information content (AvgIpc) is 2.39. The second kappa shape index (κ2) is 5.64. The largest absolute Gasteiger partial charge is 0.380 e. The Morgan fingerprint density at radius 3 is 2.75 bits per heavy atom. The summed E-state index contributed by atoms with van der Waals surface area (Å²) in [4.78, 5) is 14.3. The first-order valence-electron chi connectivity index (χ1n) is 6.33. The lowest BCUT2D eigenvalue weighted by Gasteiger charge is -2.35. The van der Waals surface area contributed by atoms with Gasteiger partial charge in [-0.2, -0.15) is 0 Å². The van der Waals surface area contributed by atoms with E-state index in [9.17, 15) is 4.79 Å². The lowest BCUT2D eigenvalue weighted by molar-refractivity contribution is -0.139. The number of methoxy groups -OCH3 is 1. The quantitative estimate of drug-likeness (QED) is 0.750. The highest BCUT2D eigenvalue weighted by atomic mass is 16.5. The van der Waals surface area contributed by atoms with Crippen molar-refractivity contribution in [2.75, 3.05) is 33.3 Å². The minimum Gasteiger partial charge on any atom is -0.380 e. The molecule has 1 atom stereocenters. The third-order valence-electron chi connectivity index (χ3n) is 3.71. The molecule has 2 rings (SSSR count). The summed E-state index contributed by atoms with van der Waals surface area (Å²) < 4.78 is 5.35. The van der Waals surface area contributed by atoms with E-state index in [1.165, 1.54) is 0 Å². The molecule has 2 aliphatic heterocycles. The van der Waals surface area contributed by atoms with Crippen LogP contribution in [-0.2, 0) is 9.53 Å². The van der Waals surface area contributed by atoms with Gasteiger partial charge in [-0.15, -0.1) is 0 Å². The topological polar surface area (TPSA) is 41.6 Å². The summed E-state index contributed by atoms with van der Waals surface area (Å²) in [5.74, 6) is 0.597. The zero-order valence-corrected chi connectivity index (χ0v) is 10.1. The van der Waals surface area contributed by atoms with Crippen LogP contribution in [0.25, 0.3) is 0 Å². The van der Waals surface area contributed by atoms with Crippen molar-refractivity contribution in [2.24, 2.45) is 5.92 Å². The van der Waals surface area contributed by atoms with Gasteiger partial charge in [-0.1, -0.05) is 0 Å². The summed E-state index contributed by atoms with van der Waals surface area (Å²) in [5, 5.41) is 3.30. The summed E-state index contributed by atoms with van der Waals surface area (Å²) in [6.45, 7) is 3.68. The molecule has 0 unspecified atom stereocenters. The van der Waals surface area contributed by atoms with Gasteiger partial charge in [0.25, 0.3) is 0 Å². The smallest absolute Gasteiger partial charge is 0.225 e. The van der Waals surface area contributed by atoms with E-state index in [1.807, 2.05) is 4.90 Å². The van der Waals surface area contributed by atoms with Crippen molar-refractivity contribution in [3.8, 4) is 0 Å². The lowest BCUT2D eigenvalue weighted by Crippen LogP contribution is -2.47. The van der Waals surface area contributed by atoms with Gasteiger partial charge in [0.05, 0.1) is 6.10 Å². The minimum atomic E-state index is 0.247. The normalized spacial score (nSPS) is 28.1. The minimum absolute atomic E-state index is 0.247. The highest BCUT2D eigenvalue weighted by Gasteiger charge is 2.29. The van der Waals surface area contributed by atoms with Crippen LogP contribution in [0.4, 0.5) is 0 Å². The molecule has 2 aliphatic rings. The Hall–Kier alpha value is -0.610. The van der Waals surface area contributed by atoms with E-state index in [2.05, 4.69) is 5.32 Å². The van der Waals surface area contributed by atoms with Crippen LogP contribution in [-0.4, -0.2) is 50.2 Å². The average molecular weight is 226 g/mol. The van der Waals surface area contributed by atoms with Crippen molar-refractivity contribution < 1.29 is 9.53 Å². The molecular formula is C12H22N2O2. The molecule has 0 spiro atoms. The number of rotatable bonds is 2. The van der Waals surface area contributed by atoms with Gasteiger partial charge < -0.3 is 15.0 Å². The van der Waals surface area contributed by atoms with E-state index in [0.717, 1.165) is 51.9 Å². The van der Waals surface area contributed by atoms with Crippen LogP contribution in [0.1, 0.15) is 25.7 Å². The molecular weight excluding hydrogens is 204 g/mol. The molecule has 92 valence electrons. The first-order chi connectivity index (χ1) is 7.81. The van der Waals surface area contributed by atoms with E-state index in [4.69, 9.17) is 4.74 Å². The third-order valence-corrected chi connectivity index (χ3v) is 3.71. The van der Waals surface area contributed by atoms with Gasteiger partial charge in [0.2, 0.25) is 5.91 Å². The number of hydrogen-bond donors (Lipinski definition) is 1. The summed E-state index contributed by atoms with van der Waals surface area (Å²) in [6.07, 6.45) is 4.40. The first-order valence-corrected chi connectivity index (χ1v) is 6.33. The molecule has 0 saturated carbocycles. The summed E-state index contributed by atoms with van der Waals surface area (Å²) in [7, 11) is 1.74. The zero-order valence-electron chi connectivity index (χ0n) is 10.1. The summed E-state index contributed by atoms with van der Waals surface area (Å²) in [5.41, 5.74) is 0. The second-order valence-electron chi connectivity index (χ2n) is 4.81. The zero-order chi connectivity index (χ0) is 11.4. The molecule has 0 aromatic carbocycles. The number of ether oxygens (including phenoxy) is 1. The van der Waals surface area contributed by atoms with Gasteiger partial charge in [0.1, 0.15) is 0 Å². The Balaban J connectivity index is 1.87. The highest BCUT2D eigenvalue weighted by Crippen LogP contribution is 2.19. The predicted molar refractivity (Wildman–Crippen MR) is 62.2 cm³/mol. The van der Waals surface area contributed by atoms with Gasteiger partial charge in [-0.3, -0.25) is 4.79 Å². The summed E-state index contributed by atoms with van der Waals surface area (Å²) in [6, 6.07) is 0. The van der Waals surface area contributed by atoms with Crippen LogP contribution in [0.5, 0.6) is 0 Å². The van der Waals surface area contributed by atoms with Gasteiger partial charge in [0.15, 0.2) is 0 Å². The number of amides is 1. The Bertz CT molecular complexity index is 239. The molecule has 0 aromatic rings. The van der Waals surface area contributed by atoms with Crippen LogP contribution < -0.4 is 5.32 Å². The molecule has 1 N–H and O–H groups in total. The van der Waals surface area contributed by atoms with E-state index in [1.54, 1.807) is 7.11 Å². The van der Waals surface area contributed by atoms with E-state index >= 15 is 0 Å². The number of likely N-dealkylation sites (tertiary alicyclic amines) is 1. The molecule has 2 saturated heterocycles. The first kappa shape index (κ1) is 11.9. The number of nitrogens with zero attached hydrogens (tertiary/aromatic N) is 1. The SMILES string of the molecule is CO[C@H]1CCCN(C(=O)C2CCNCC2)C1. The van der Waals surface area contributed by atoms with Crippen molar-refractivity contribution in [3.63, 3.8) is 0 Å². The predicted octanol–water partition coefficient (Wildman–Crippen LogP) is 0.623. The fraction of sp³-hybridized carbons (Fsp3) is 0.917. The molecule has 16 heavy (non-hydrogen) atoms. The Morgan fingerprint density at radius 2 is 2.06 bits per heavy atom. The lowest BCUT2D eigenvalue weighted by atomic mass is 9.95. The van der Waals surface area contributed by atoms with Crippen molar-refractivity contribution >= 4 is 5.91 Å². The highest BCUT2D eigenvalue weighted by molar-refractivity contribution is 5.79. The number of carbonyl (C=O) groups excluding carboxylic acids is 1. The van der Waals surface area contributed by atoms with Crippen LogP contribution in [0.15, 0.2) is 0 Å². The fourth-order valence-corrected chi connectivity index (χ4v) is 2.66. The molecule has 4 nitrogen and oxygen atoms in total. The molecule has 0 bridgehead atoms. The molecule has 1 amide bonds. The van der Waals surface area contributed by atoms with E-state index in [0.29, 0.717) is 5.91 Å². The van der Waals surface area contributed by atoms with E-state index in [-0.39, 0.29) is 12.0 Å². The number of hydrogen-bond acceptors (Lipinski definition) is 3. The van der Waals surface area contributed by atoms with Crippen molar-refractivity contribution in [3.05, 3.63) is 0 Å². The Kier molecular flexibility index (Phi) is 4.18. The molecule has 2 heterocycles. The number of carbonyl (C=O) groups is 1. The van der Waals surface area contributed by atoms with Gasteiger partial charge in [-0.25, -0.2) is 0 Å². The van der Waals surface area contributed by atoms with Gasteiger partial charge in [-0.05, 0) is 38.8 Å². The van der Waals surface area contributed by atoms with Crippen LogP contribution >= 0.6 is 0 Å². The van der Waals surface area contributed by atoms with Gasteiger partial charge in [0, 0.05) is 26.1 Å². The number of piperidine rings is 2. The third kappa shape index (κ3) is 2.74. The molecule has 0 aliphatic carbocycles. The Morgan fingerprint density at radius 1 is 1.31 bits per heavy atom. The molecule has 2 fully saturated rings. The molecule has 0 aromatic heterocycles. The standard InChI is InChI=1S/C12H22N2O2/c1-16-11-3-2-8-14(9-11)12(15)10-4-6-13-7-5-10/h10-11,13H,2-9H2,1H3/t11-/m0/s1. The number of nitrogens with one attached hydrogen (secondary N) is 1. The second-order valence-corrected chi connectivity index (χ2v) is 4.81. The maximum absolute atomic E-state index is 12.3. The molecule has 0 radical (unpaired) electrons. The van der Waals surface area contributed by atoms with Crippen molar-refractivity contribution in [2.45, 2.75) is 31.8 Å². The van der Waals surface area contributed by atoms with Crippen LogP contribution in [0.3, 0.4) is 0 Å². The van der Waals surface area contributed by atoms with Crippen LogP contribution in [0.2, 0.25) is 0 Å². The Labute approximate surface area is 97.3 Å². The van der Waals surface area contributed by atoms with Gasteiger partial charge >= 0.3 is 0 Å². The maximum atomic E-state index is 12.3. The molecule has 4 heteroatoms. The fourth-order valence-electron chi connectivity index (χ4n) is 2.66. The van der Waals surface area contributed by atoms with E-state index < -0.39 is 0 Å². The van der Waals surface area contributed by atoms with Crippen molar-refractivity contribution in [1.82, 2.24) is 10.2 Å². The maximum Gasteiger partial charge on any atom is 0.225 e. The van der Waals surface area contributed by atoms with Crippen molar-refractivity contribution in [1.29, 1.82) is 0 Å². The monoisotopic (exact) mass is 226 g/mol.